The topological polar surface area (TPSA) is 59.2 Å². The molecule has 1 amide bonds. The van der Waals surface area contributed by atoms with Crippen LogP contribution < -0.4 is 0 Å². The van der Waals surface area contributed by atoms with Gasteiger partial charge in [0, 0.05) is 22.2 Å². The zero-order valence-corrected chi connectivity index (χ0v) is 16.6. The van der Waals surface area contributed by atoms with E-state index in [1.54, 1.807) is 12.1 Å². The fourth-order valence-corrected chi connectivity index (χ4v) is 3.89. The molecule has 1 saturated heterocycles. The number of likely N-dealkylation sites (tertiary alicyclic amines) is 1. The smallest absolute Gasteiger partial charge is 0.254 e. The van der Waals surface area contributed by atoms with Crippen molar-refractivity contribution >= 4 is 28.5 Å². The van der Waals surface area contributed by atoms with Crippen molar-refractivity contribution in [3.05, 3.63) is 69.4 Å². The van der Waals surface area contributed by atoms with Crippen molar-refractivity contribution in [1.29, 1.82) is 0 Å². The summed E-state index contributed by atoms with van der Waals surface area (Å²) < 4.78 is 19.8. The summed E-state index contributed by atoms with van der Waals surface area (Å²) in [5, 5.41) is 8.26. The highest BCUT2D eigenvalue weighted by molar-refractivity contribution is 14.1. The Kier molecular flexibility index (Phi) is 5.20. The third kappa shape index (κ3) is 3.87. The molecule has 1 fully saturated rings. The normalized spacial score (nSPS) is 17.1. The molecular weight excluding hydrogens is 460 g/mol. The molecule has 1 atom stereocenters. The Morgan fingerprint density at radius 2 is 1.93 bits per heavy atom. The molecule has 0 aliphatic carbocycles. The number of benzene rings is 2. The number of piperidine rings is 1. The highest BCUT2D eigenvalue weighted by Crippen LogP contribution is 2.29. The first-order valence-electron chi connectivity index (χ1n) is 8.75. The zero-order chi connectivity index (χ0) is 18.8. The van der Waals surface area contributed by atoms with Gasteiger partial charge < -0.3 is 9.32 Å². The average Bonchev–Trinajstić information content (AvgIpc) is 3.19. The molecule has 1 aromatic heterocycles. The van der Waals surface area contributed by atoms with Gasteiger partial charge in [0.1, 0.15) is 5.82 Å². The maximum absolute atomic E-state index is 13.1. The van der Waals surface area contributed by atoms with Gasteiger partial charge in [-0.3, -0.25) is 4.79 Å². The van der Waals surface area contributed by atoms with E-state index in [4.69, 9.17) is 4.42 Å². The number of carbonyl (C=O) groups is 1. The fraction of sp³-hybridized carbons (Fsp3) is 0.250. The molecule has 138 valence electrons. The molecule has 2 heterocycles. The van der Waals surface area contributed by atoms with Gasteiger partial charge in [0.05, 0.1) is 11.5 Å². The van der Waals surface area contributed by atoms with E-state index in [2.05, 4.69) is 32.8 Å². The van der Waals surface area contributed by atoms with Crippen LogP contribution in [-0.4, -0.2) is 34.1 Å². The maximum Gasteiger partial charge on any atom is 0.254 e. The second kappa shape index (κ2) is 7.75. The highest BCUT2D eigenvalue weighted by Gasteiger charge is 2.29. The number of aromatic nitrogens is 2. The van der Waals surface area contributed by atoms with E-state index in [0.29, 0.717) is 23.9 Å². The molecule has 7 heteroatoms. The predicted octanol–water partition coefficient (Wildman–Crippen LogP) is 4.50. The van der Waals surface area contributed by atoms with Crippen molar-refractivity contribution in [3.8, 4) is 11.5 Å². The standard InChI is InChI=1S/C20H17FIN3O2/c21-15-9-7-13(8-10-15)18-23-24-19(27-18)14-4-3-11-25(12-14)20(26)16-5-1-2-6-17(16)22/h1-2,5-10,14H,3-4,11-12H2. The first-order valence-corrected chi connectivity index (χ1v) is 9.83. The lowest BCUT2D eigenvalue weighted by atomic mass is 9.97. The van der Waals surface area contributed by atoms with E-state index in [-0.39, 0.29) is 17.6 Å². The number of hydrogen-bond donors (Lipinski definition) is 0. The molecule has 1 aliphatic heterocycles. The van der Waals surface area contributed by atoms with Crippen LogP contribution in [0.3, 0.4) is 0 Å². The zero-order valence-electron chi connectivity index (χ0n) is 14.4. The van der Waals surface area contributed by atoms with Crippen molar-refractivity contribution < 1.29 is 13.6 Å². The summed E-state index contributed by atoms with van der Waals surface area (Å²) in [6.45, 7) is 1.27. The summed E-state index contributed by atoms with van der Waals surface area (Å²) in [6, 6.07) is 13.5. The minimum atomic E-state index is -0.310. The molecule has 0 spiro atoms. The molecule has 0 saturated carbocycles. The SMILES string of the molecule is O=C(c1ccccc1I)N1CCCC(c2nnc(-c3ccc(F)cc3)o2)C1. The lowest BCUT2D eigenvalue weighted by molar-refractivity contribution is 0.0697. The Balaban J connectivity index is 1.51. The molecular formula is C20H17FIN3O2. The molecule has 0 N–H and O–H groups in total. The lowest BCUT2D eigenvalue weighted by Gasteiger charge is -2.31. The third-order valence-electron chi connectivity index (χ3n) is 4.69. The van der Waals surface area contributed by atoms with E-state index in [0.717, 1.165) is 28.5 Å². The minimum absolute atomic E-state index is 0.00534. The van der Waals surface area contributed by atoms with Crippen LogP contribution in [0.1, 0.15) is 35.0 Å². The first kappa shape index (κ1) is 18.1. The molecule has 1 unspecified atom stereocenters. The Morgan fingerprint density at radius 3 is 2.70 bits per heavy atom. The maximum atomic E-state index is 13.1. The van der Waals surface area contributed by atoms with E-state index >= 15 is 0 Å². The molecule has 1 aliphatic rings. The van der Waals surface area contributed by atoms with Gasteiger partial charge >= 0.3 is 0 Å². The van der Waals surface area contributed by atoms with Crippen LogP contribution >= 0.6 is 22.6 Å². The monoisotopic (exact) mass is 477 g/mol. The van der Waals surface area contributed by atoms with Crippen LogP contribution in [0.2, 0.25) is 0 Å². The van der Waals surface area contributed by atoms with Crippen LogP contribution in [0, 0.1) is 9.39 Å². The van der Waals surface area contributed by atoms with E-state index in [1.165, 1.54) is 12.1 Å². The Hall–Kier alpha value is -2.29. The Bertz CT molecular complexity index is 958. The minimum Gasteiger partial charge on any atom is -0.420 e. The summed E-state index contributed by atoms with van der Waals surface area (Å²) in [7, 11) is 0. The molecule has 27 heavy (non-hydrogen) atoms. The number of hydrogen-bond acceptors (Lipinski definition) is 4. The largest absolute Gasteiger partial charge is 0.420 e. The van der Waals surface area contributed by atoms with Gasteiger partial charge in [-0.2, -0.15) is 0 Å². The van der Waals surface area contributed by atoms with Crippen LogP contribution in [0.5, 0.6) is 0 Å². The van der Waals surface area contributed by atoms with Crippen molar-refractivity contribution in [1.82, 2.24) is 15.1 Å². The molecule has 4 rings (SSSR count). The Labute approximate surface area is 169 Å². The van der Waals surface area contributed by atoms with Gasteiger partial charge in [0.2, 0.25) is 11.8 Å². The predicted molar refractivity (Wildman–Crippen MR) is 107 cm³/mol. The van der Waals surface area contributed by atoms with E-state index < -0.39 is 0 Å². The molecule has 0 radical (unpaired) electrons. The number of carbonyl (C=O) groups excluding carboxylic acids is 1. The molecule has 3 aromatic rings. The highest BCUT2D eigenvalue weighted by atomic mass is 127. The van der Waals surface area contributed by atoms with Gasteiger partial charge in [0.25, 0.3) is 5.91 Å². The summed E-state index contributed by atoms with van der Waals surface area (Å²) in [5.41, 5.74) is 1.40. The van der Waals surface area contributed by atoms with Gasteiger partial charge in [-0.25, -0.2) is 4.39 Å². The summed E-state index contributed by atoms with van der Waals surface area (Å²) in [5.74, 6) is 0.616. The van der Waals surface area contributed by atoms with Crippen LogP contribution in [0.15, 0.2) is 52.9 Å². The van der Waals surface area contributed by atoms with Gasteiger partial charge in [-0.15, -0.1) is 10.2 Å². The number of rotatable bonds is 3. The van der Waals surface area contributed by atoms with Crippen molar-refractivity contribution in [3.63, 3.8) is 0 Å². The summed E-state index contributed by atoms with van der Waals surface area (Å²) in [4.78, 5) is 14.7. The van der Waals surface area contributed by atoms with Crippen molar-refractivity contribution in [2.75, 3.05) is 13.1 Å². The van der Waals surface area contributed by atoms with Crippen molar-refractivity contribution in [2.24, 2.45) is 0 Å². The molecule has 5 nitrogen and oxygen atoms in total. The average molecular weight is 477 g/mol. The second-order valence-electron chi connectivity index (χ2n) is 6.52. The van der Waals surface area contributed by atoms with Crippen LogP contribution in [0.4, 0.5) is 4.39 Å². The van der Waals surface area contributed by atoms with Gasteiger partial charge in [-0.05, 0) is 71.8 Å². The lowest BCUT2D eigenvalue weighted by Crippen LogP contribution is -2.39. The molecule has 0 bridgehead atoms. The van der Waals surface area contributed by atoms with Crippen molar-refractivity contribution in [2.45, 2.75) is 18.8 Å². The van der Waals surface area contributed by atoms with Crippen LogP contribution in [-0.2, 0) is 0 Å². The summed E-state index contributed by atoms with van der Waals surface area (Å²) >= 11 is 2.19. The second-order valence-corrected chi connectivity index (χ2v) is 7.68. The number of halogens is 2. The third-order valence-corrected chi connectivity index (χ3v) is 5.63. The van der Waals surface area contributed by atoms with Crippen LogP contribution in [0.25, 0.3) is 11.5 Å². The molecule has 2 aromatic carbocycles. The Morgan fingerprint density at radius 1 is 1.15 bits per heavy atom. The van der Waals surface area contributed by atoms with E-state index in [1.807, 2.05) is 29.2 Å². The van der Waals surface area contributed by atoms with Gasteiger partial charge in [0.15, 0.2) is 0 Å². The summed E-state index contributed by atoms with van der Waals surface area (Å²) in [6.07, 6.45) is 1.77. The number of nitrogens with zero attached hydrogens (tertiary/aromatic N) is 3. The quantitative estimate of drug-likeness (QED) is 0.522. The first-order chi connectivity index (χ1) is 13.1. The fourth-order valence-electron chi connectivity index (χ4n) is 3.28. The van der Waals surface area contributed by atoms with E-state index in [9.17, 15) is 9.18 Å². The number of amides is 1. The van der Waals surface area contributed by atoms with Gasteiger partial charge in [-0.1, -0.05) is 12.1 Å².